The van der Waals surface area contributed by atoms with Crippen molar-refractivity contribution in [2.45, 2.75) is 136 Å². The van der Waals surface area contributed by atoms with Crippen molar-refractivity contribution in [3.63, 3.8) is 0 Å². The number of nitrogens with zero attached hydrogens (tertiary/aromatic N) is 4. The lowest BCUT2D eigenvalue weighted by molar-refractivity contribution is -0.122. The van der Waals surface area contributed by atoms with Crippen molar-refractivity contribution in [2.75, 3.05) is 0 Å². The number of unbranched alkanes of at least 4 members (excludes halogenated alkanes) is 10. The van der Waals surface area contributed by atoms with Gasteiger partial charge in [-0.25, -0.2) is 9.97 Å². The summed E-state index contributed by atoms with van der Waals surface area (Å²) >= 11 is 0. The zero-order valence-corrected chi connectivity index (χ0v) is 27.7. The number of aromatic nitrogens is 4. The minimum Gasteiger partial charge on any atom is -0.349 e. The molecule has 2 aromatic carbocycles. The van der Waals surface area contributed by atoms with E-state index in [0.29, 0.717) is 32.4 Å². The number of benzene rings is 2. The number of fused-ring (bicyclic) bond motifs is 2. The van der Waals surface area contributed by atoms with Crippen molar-refractivity contribution >= 4 is 33.9 Å². The maximum absolute atomic E-state index is 12.7. The van der Waals surface area contributed by atoms with Crippen LogP contribution in [0, 0.1) is 0 Å². The third-order valence-electron chi connectivity index (χ3n) is 8.63. The van der Waals surface area contributed by atoms with Crippen LogP contribution in [0.3, 0.4) is 0 Å². The molecule has 2 aromatic heterocycles. The molecule has 0 aliphatic rings. The lowest BCUT2D eigenvalue weighted by atomic mass is 10.1. The van der Waals surface area contributed by atoms with Gasteiger partial charge in [0.15, 0.2) is 0 Å². The first kappa shape index (κ1) is 34.2. The molecule has 0 bridgehead atoms. The third kappa shape index (κ3) is 10.7. The molecule has 0 saturated heterocycles. The average Bonchev–Trinajstić information content (AvgIpc) is 3.59. The number of hydrogen-bond donors (Lipinski definition) is 2. The van der Waals surface area contributed by atoms with E-state index in [1.54, 1.807) is 0 Å². The number of carbonyl (C=O) groups excluding carboxylic acids is 2. The molecule has 0 fully saturated rings. The van der Waals surface area contributed by atoms with Crippen molar-refractivity contribution in [3.05, 3.63) is 60.2 Å². The van der Waals surface area contributed by atoms with E-state index in [4.69, 9.17) is 9.97 Å². The number of aryl methyl sites for hydroxylation is 2. The van der Waals surface area contributed by atoms with Crippen LogP contribution >= 0.6 is 0 Å². The molecule has 2 amide bonds. The lowest BCUT2D eigenvalue weighted by Crippen LogP contribution is -2.27. The predicted molar refractivity (Wildman–Crippen MR) is 184 cm³/mol. The van der Waals surface area contributed by atoms with Gasteiger partial charge in [-0.1, -0.05) is 102 Å². The standard InChI is InChI=1S/C37H54N6O2/c1-3-5-7-9-11-17-26-42-32-22-15-13-20-30(32)40-34(42)28-38-36(44)24-19-25-37(45)39-29-35-41-31-21-14-16-23-33(31)43(35)27-18-12-10-8-6-4-2/h13-16,20-23H,3-12,17-19,24-29H2,1-2H3,(H,38,44)(H,39,45). The highest BCUT2D eigenvalue weighted by Gasteiger charge is 2.14. The third-order valence-corrected chi connectivity index (χ3v) is 8.63. The van der Waals surface area contributed by atoms with Gasteiger partial charge >= 0.3 is 0 Å². The minimum absolute atomic E-state index is 0.0540. The van der Waals surface area contributed by atoms with E-state index in [2.05, 4.69) is 45.7 Å². The molecule has 0 atom stereocenters. The molecule has 0 radical (unpaired) electrons. The lowest BCUT2D eigenvalue weighted by Gasteiger charge is -2.11. The molecule has 8 nitrogen and oxygen atoms in total. The molecule has 4 aromatic rings. The molecule has 2 N–H and O–H groups in total. The van der Waals surface area contributed by atoms with E-state index in [1.165, 1.54) is 64.2 Å². The number of carbonyl (C=O) groups is 2. The molecule has 0 spiro atoms. The number of hydrogen-bond acceptors (Lipinski definition) is 4. The molecule has 4 rings (SSSR count). The molecule has 45 heavy (non-hydrogen) atoms. The first-order valence-electron chi connectivity index (χ1n) is 17.5. The summed E-state index contributed by atoms with van der Waals surface area (Å²) in [4.78, 5) is 35.0. The van der Waals surface area contributed by atoms with Gasteiger partial charge in [0, 0.05) is 25.9 Å². The molecule has 0 aliphatic heterocycles. The maximum atomic E-state index is 12.7. The Kier molecular flexibility index (Phi) is 14.4. The fraction of sp³-hybridized carbons (Fsp3) is 0.568. The molecule has 0 aliphatic carbocycles. The van der Waals surface area contributed by atoms with Crippen LogP contribution in [0.15, 0.2) is 48.5 Å². The summed E-state index contributed by atoms with van der Waals surface area (Å²) in [6.07, 6.45) is 16.0. The molecule has 2 heterocycles. The first-order valence-corrected chi connectivity index (χ1v) is 17.5. The molecular weight excluding hydrogens is 560 g/mol. The average molecular weight is 615 g/mol. The van der Waals surface area contributed by atoms with Gasteiger partial charge in [-0.2, -0.15) is 0 Å². The van der Waals surface area contributed by atoms with Crippen LogP contribution in [0.1, 0.15) is 122 Å². The van der Waals surface area contributed by atoms with E-state index in [-0.39, 0.29) is 11.8 Å². The Morgan fingerprint density at radius 1 is 0.556 bits per heavy atom. The summed E-state index contributed by atoms with van der Waals surface area (Å²) in [6.45, 7) is 7.08. The largest absolute Gasteiger partial charge is 0.349 e. The smallest absolute Gasteiger partial charge is 0.220 e. The summed E-state index contributed by atoms with van der Waals surface area (Å²) in [6, 6.07) is 16.4. The number of amides is 2. The van der Waals surface area contributed by atoms with E-state index >= 15 is 0 Å². The Morgan fingerprint density at radius 2 is 0.956 bits per heavy atom. The zero-order chi connectivity index (χ0) is 31.7. The van der Waals surface area contributed by atoms with Crippen molar-refractivity contribution in [2.24, 2.45) is 0 Å². The summed E-state index contributed by atoms with van der Waals surface area (Å²) in [5, 5.41) is 6.08. The van der Waals surface area contributed by atoms with Crippen molar-refractivity contribution < 1.29 is 9.59 Å². The van der Waals surface area contributed by atoms with E-state index < -0.39 is 0 Å². The van der Waals surface area contributed by atoms with Gasteiger partial charge in [0.1, 0.15) is 11.6 Å². The highest BCUT2D eigenvalue weighted by atomic mass is 16.2. The molecule has 244 valence electrons. The number of para-hydroxylation sites is 4. The van der Waals surface area contributed by atoms with Crippen LogP contribution in [-0.4, -0.2) is 30.9 Å². The van der Waals surface area contributed by atoms with E-state index in [0.717, 1.165) is 59.6 Å². The molecular formula is C37H54N6O2. The topological polar surface area (TPSA) is 93.8 Å². The highest BCUT2D eigenvalue weighted by Crippen LogP contribution is 2.19. The van der Waals surface area contributed by atoms with Crippen LogP contribution in [0.5, 0.6) is 0 Å². The Balaban J connectivity index is 1.20. The van der Waals surface area contributed by atoms with Gasteiger partial charge in [-0.05, 0) is 43.5 Å². The Labute approximate surface area is 269 Å². The van der Waals surface area contributed by atoms with Gasteiger partial charge in [-0.3, -0.25) is 9.59 Å². The van der Waals surface area contributed by atoms with Crippen molar-refractivity contribution in [1.29, 1.82) is 0 Å². The summed E-state index contributed by atoms with van der Waals surface area (Å²) in [5.41, 5.74) is 4.16. The molecule has 8 heteroatoms. The van der Waals surface area contributed by atoms with Crippen molar-refractivity contribution in [1.82, 2.24) is 29.7 Å². The van der Waals surface area contributed by atoms with Crippen LogP contribution in [0.2, 0.25) is 0 Å². The van der Waals surface area contributed by atoms with Crippen LogP contribution < -0.4 is 10.6 Å². The molecule has 0 unspecified atom stereocenters. The van der Waals surface area contributed by atoms with Crippen LogP contribution in [0.25, 0.3) is 22.1 Å². The Morgan fingerprint density at radius 3 is 1.40 bits per heavy atom. The Bertz CT molecular complexity index is 1360. The summed E-state index contributed by atoms with van der Waals surface area (Å²) in [7, 11) is 0. The highest BCUT2D eigenvalue weighted by molar-refractivity contribution is 5.80. The number of rotatable bonds is 22. The fourth-order valence-corrected chi connectivity index (χ4v) is 6.06. The van der Waals surface area contributed by atoms with Gasteiger partial charge in [-0.15, -0.1) is 0 Å². The second-order valence-corrected chi connectivity index (χ2v) is 12.3. The quantitative estimate of drug-likeness (QED) is 0.0873. The summed E-state index contributed by atoms with van der Waals surface area (Å²) < 4.78 is 4.51. The summed E-state index contributed by atoms with van der Waals surface area (Å²) in [5.74, 6) is 1.67. The zero-order valence-electron chi connectivity index (χ0n) is 27.7. The minimum atomic E-state index is -0.0540. The second kappa shape index (κ2) is 19.0. The van der Waals surface area contributed by atoms with Crippen LogP contribution in [0.4, 0.5) is 0 Å². The van der Waals surface area contributed by atoms with Crippen molar-refractivity contribution in [3.8, 4) is 0 Å². The van der Waals surface area contributed by atoms with Gasteiger partial charge in [0.05, 0.1) is 35.2 Å². The SMILES string of the molecule is CCCCCCCCn1c(CNC(=O)CCCC(=O)NCc2nc3ccccc3n2CCCCCCCC)nc2ccccc21. The molecule has 0 saturated carbocycles. The fourth-order valence-electron chi connectivity index (χ4n) is 6.06. The van der Waals surface area contributed by atoms with E-state index in [1.807, 2.05) is 36.4 Å². The van der Waals surface area contributed by atoms with E-state index in [9.17, 15) is 9.59 Å². The normalized spacial score (nSPS) is 11.4. The monoisotopic (exact) mass is 614 g/mol. The number of nitrogens with one attached hydrogen (secondary N) is 2. The number of imidazole rings is 2. The first-order chi connectivity index (χ1) is 22.1. The predicted octanol–water partition coefficient (Wildman–Crippen LogP) is 8.21. The second-order valence-electron chi connectivity index (χ2n) is 12.3. The van der Waals surface area contributed by atoms with Gasteiger partial charge < -0.3 is 19.8 Å². The maximum Gasteiger partial charge on any atom is 0.220 e. The van der Waals surface area contributed by atoms with Crippen LogP contribution in [-0.2, 0) is 35.8 Å². The van der Waals surface area contributed by atoms with Gasteiger partial charge in [0.25, 0.3) is 0 Å². The van der Waals surface area contributed by atoms with Gasteiger partial charge in [0.2, 0.25) is 11.8 Å². The Hall–Kier alpha value is -3.68.